The third-order valence-corrected chi connectivity index (χ3v) is 2.08. The van der Waals surface area contributed by atoms with Crippen LogP contribution in [-0.4, -0.2) is 30.9 Å². The minimum atomic E-state index is -1.02. The zero-order chi connectivity index (χ0) is 11.0. The lowest BCUT2D eigenvalue weighted by Crippen LogP contribution is -2.01. The first-order valence-corrected chi connectivity index (χ1v) is 4.54. The fourth-order valence-electron chi connectivity index (χ4n) is 1.29. The van der Waals surface area contributed by atoms with Crippen LogP contribution in [-0.2, 0) is 0 Å². The maximum atomic E-state index is 10.7. The molecule has 0 unspecified atom stereocenters. The van der Waals surface area contributed by atoms with Crippen molar-refractivity contribution < 1.29 is 9.90 Å². The number of carbonyl (C=O) groups is 1. The van der Waals surface area contributed by atoms with Crippen molar-refractivity contribution in [3.8, 4) is 0 Å². The van der Waals surface area contributed by atoms with Gasteiger partial charge >= 0.3 is 5.97 Å². The summed E-state index contributed by atoms with van der Waals surface area (Å²) in [4.78, 5) is 14.7. The molecule has 2 rings (SSSR count). The summed E-state index contributed by atoms with van der Waals surface area (Å²) in [7, 11) is 0. The fourth-order valence-corrected chi connectivity index (χ4v) is 1.29. The van der Waals surface area contributed by atoms with Crippen molar-refractivity contribution in [3.63, 3.8) is 0 Å². The zero-order valence-electron chi connectivity index (χ0n) is 8.38. The molecule has 0 amide bonds. The summed E-state index contributed by atoms with van der Waals surface area (Å²) in [5.41, 5.74) is 1.48. The molecule has 0 aliphatic rings. The summed E-state index contributed by atoms with van der Waals surface area (Å²) in [6, 6.07) is 0. The van der Waals surface area contributed by atoms with E-state index < -0.39 is 5.97 Å². The van der Waals surface area contributed by atoms with Crippen molar-refractivity contribution in [2.75, 3.05) is 0 Å². The van der Waals surface area contributed by atoms with Gasteiger partial charge in [0.05, 0.1) is 5.56 Å². The molecule has 2 aromatic heterocycles. The van der Waals surface area contributed by atoms with Crippen LogP contribution in [0.15, 0.2) is 12.4 Å². The van der Waals surface area contributed by atoms with Gasteiger partial charge in [-0.1, -0.05) is 19.1 Å². The first-order chi connectivity index (χ1) is 7.09. The SMILES string of the molecule is CC(C)c1nnn2cc(C(=O)O)cnc12. The molecule has 0 spiro atoms. The van der Waals surface area contributed by atoms with Crippen molar-refractivity contribution >= 4 is 11.6 Å². The molecule has 2 heterocycles. The quantitative estimate of drug-likeness (QED) is 0.791. The third kappa shape index (κ3) is 1.54. The number of carboxylic acid groups (broad SMARTS) is 1. The average Bonchev–Trinajstić information content (AvgIpc) is 2.59. The number of carboxylic acids is 1. The highest BCUT2D eigenvalue weighted by atomic mass is 16.4. The van der Waals surface area contributed by atoms with Crippen molar-refractivity contribution in [2.24, 2.45) is 0 Å². The second kappa shape index (κ2) is 3.30. The van der Waals surface area contributed by atoms with Gasteiger partial charge in [0.2, 0.25) is 0 Å². The highest BCUT2D eigenvalue weighted by molar-refractivity contribution is 5.87. The largest absolute Gasteiger partial charge is 0.478 e. The molecule has 0 aromatic carbocycles. The van der Waals surface area contributed by atoms with Crippen molar-refractivity contribution in [2.45, 2.75) is 19.8 Å². The highest BCUT2D eigenvalue weighted by Crippen LogP contribution is 2.15. The summed E-state index contributed by atoms with van der Waals surface area (Å²) in [5, 5.41) is 16.5. The molecule has 0 aliphatic heterocycles. The molecule has 15 heavy (non-hydrogen) atoms. The normalized spacial score (nSPS) is 11.1. The molecule has 0 bridgehead atoms. The Morgan fingerprint density at radius 3 is 2.87 bits per heavy atom. The number of nitrogens with zero attached hydrogens (tertiary/aromatic N) is 4. The van der Waals surface area contributed by atoms with Crippen LogP contribution in [0.25, 0.3) is 5.65 Å². The van der Waals surface area contributed by atoms with Crippen molar-refractivity contribution in [1.29, 1.82) is 0 Å². The van der Waals surface area contributed by atoms with Gasteiger partial charge in [0.1, 0.15) is 5.69 Å². The van der Waals surface area contributed by atoms with Gasteiger partial charge in [-0.2, -0.15) is 0 Å². The van der Waals surface area contributed by atoms with Gasteiger partial charge in [0.15, 0.2) is 5.65 Å². The van der Waals surface area contributed by atoms with Crippen LogP contribution in [0.3, 0.4) is 0 Å². The fraction of sp³-hybridized carbons (Fsp3) is 0.333. The number of hydrogen-bond donors (Lipinski definition) is 1. The van der Waals surface area contributed by atoms with Gasteiger partial charge in [-0.25, -0.2) is 14.3 Å². The van der Waals surface area contributed by atoms with E-state index in [1.165, 1.54) is 16.9 Å². The molecule has 0 radical (unpaired) electrons. The van der Waals surface area contributed by atoms with Gasteiger partial charge in [0, 0.05) is 18.3 Å². The lowest BCUT2D eigenvalue weighted by molar-refractivity contribution is 0.0695. The van der Waals surface area contributed by atoms with Gasteiger partial charge < -0.3 is 5.11 Å². The van der Waals surface area contributed by atoms with E-state index >= 15 is 0 Å². The van der Waals surface area contributed by atoms with E-state index in [0.717, 1.165) is 5.69 Å². The Hall–Kier alpha value is -1.98. The predicted molar refractivity (Wildman–Crippen MR) is 51.8 cm³/mol. The third-order valence-electron chi connectivity index (χ3n) is 2.08. The molecular weight excluding hydrogens is 196 g/mol. The molecule has 6 heteroatoms. The number of aromatic carboxylic acids is 1. The molecule has 0 fully saturated rings. The zero-order valence-corrected chi connectivity index (χ0v) is 8.38. The Morgan fingerprint density at radius 1 is 1.53 bits per heavy atom. The monoisotopic (exact) mass is 206 g/mol. The van der Waals surface area contributed by atoms with Gasteiger partial charge in [-0.3, -0.25) is 0 Å². The van der Waals surface area contributed by atoms with E-state index in [0.29, 0.717) is 5.65 Å². The van der Waals surface area contributed by atoms with Crippen LogP contribution < -0.4 is 0 Å². The minimum absolute atomic E-state index is 0.0997. The second-order valence-electron chi connectivity index (χ2n) is 3.55. The van der Waals surface area contributed by atoms with Crippen molar-refractivity contribution in [1.82, 2.24) is 19.8 Å². The molecule has 2 aromatic rings. The maximum absolute atomic E-state index is 10.7. The molecular formula is C9H10N4O2. The lowest BCUT2D eigenvalue weighted by atomic mass is 10.1. The summed E-state index contributed by atoms with van der Waals surface area (Å²) in [6.45, 7) is 3.97. The predicted octanol–water partition coefficient (Wildman–Crippen LogP) is 0.946. The Morgan fingerprint density at radius 2 is 2.27 bits per heavy atom. The van der Waals surface area contributed by atoms with Crippen LogP contribution in [0.1, 0.15) is 35.8 Å². The summed E-state index contributed by atoms with van der Waals surface area (Å²) < 4.78 is 1.39. The van der Waals surface area contributed by atoms with E-state index in [9.17, 15) is 4.79 Å². The maximum Gasteiger partial charge on any atom is 0.338 e. The van der Waals surface area contributed by atoms with Crippen molar-refractivity contribution in [3.05, 3.63) is 23.7 Å². The second-order valence-corrected chi connectivity index (χ2v) is 3.55. The van der Waals surface area contributed by atoms with E-state index in [1.54, 1.807) is 0 Å². The van der Waals surface area contributed by atoms with E-state index in [4.69, 9.17) is 5.11 Å². The Bertz CT molecular complexity index is 518. The molecule has 0 saturated heterocycles. The van der Waals surface area contributed by atoms with E-state index in [2.05, 4.69) is 15.3 Å². The Labute approximate surface area is 85.6 Å². The summed E-state index contributed by atoms with van der Waals surface area (Å²) >= 11 is 0. The van der Waals surface area contributed by atoms with Crippen LogP contribution in [0.4, 0.5) is 0 Å². The Balaban J connectivity index is 2.61. The van der Waals surface area contributed by atoms with Crippen LogP contribution in [0.2, 0.25) is 0 Å². The van der Waals surface area contributed by atoms with Crippen LogP contribution in [0, 0.1) is 0 Å². The Kier molecular flexibility index (Phi) is 2.11. The molecule has 0 atom stereocenters. The molecule has 1 N–H and O–H groups in total. The molecule has 0 saturated carbocycles. The van der Waals surface area contributed by atoms with E-state index in [-0.39, 0.29) is 11.5 Å². The molecule has 0 aliphatic carbocycles. The smallest absolute Gasteiger partial charge is 0.338 e. The van der Waals surface area contributed by atoms with Gasteiger partial charge in [0.25, 0.3) is 0 Å². The van der Waals surface area contributed by atoms with Gasteiger partial charge in [-0.05, 0) is 0 Å². The number of aromatic nitrogens is 4. The molecule has 6 nitrogen and oxygen atoms in total. The van der Waals surface area contributed by atoms with E-state index in [1.807, 2.05) is 13.8 Å². The van der Waals surface area contributed by atoms with Crippen LogP contribution >= 0.6 is 0 Å². The van der Waals surface area contributed by atoms with Gasteiger partial charge in [-0.15, -0.1) is 5.10 Å². The topological polar surface area (TPSA) is 80.4 Å². The number of hydrogen-bond acceptors (Lipinski definition) is 4. The molecule has 78 valence electrons. The lowest BCUT2D eigenvalue weighted by Gasteiger charge is -1.99. The first kappa shape index (κ1) is 9.57. The first-order valence-electron chi connectivity index (χ1n) is 4.54. The summed E-state index contributed by atoms with van der Waals surface area (Å²) in [5.74, 6) is -0.809. The minimum Gasteiger partial charge on any atom is -0.478 e. The summed E-state index contributed by atoms with van der Waals surface area (Å²) in [6.07, 6.45) is 2.72. The average molecular weight is 206 g/mol. The number of fused-ring (bicyclic) bond motifs is 1. The highest BCUT2D eigenvalue weighted by Gasteiger charge is 2.12. The number of rotatable bonds is 2. The standard InChI is InChI=1S/C9H10N4O2/c1-5(2)7-8-10-3-6(9(14)15)4-13(8)12-11-7/h3-5H,1-2H3,(H,14,15). The van der Waals surface area contributed by atoms with Crippen LogP contribution in [0.5, 0.6) is 0 Å².